The quantitative estimate of drug-likeness (QED) is 0.547. The van der Waals surface area contributed by atoms with Crippen LogP contribution in [0.15, 0.2) is 4.76 Å². The fraction of sp³-hybridized carbons (Fsp3) is 0.800. The number of methoxy groups -OCH3 is 1. The molecular formula is C5H10NO3P. The van der Waals surface area contributed by atoms with Gasteiger partial charge in [-0.1, -0.05) is 0 Å². The Balaban J connectivity index is 2.54. The molecule has 0 aromatic rings. The normalized spacial score (nSPS) is 32.1. The molecule has 5 heteroatoms. The van der Waals surface area contributed by atoms with Gasteiger partial charge in [-0.15, -0.1) is 0 Å². The molecule has 0 saturated carbocycles. The molecule has 0 radical (unpaired) electrons. The lowest BCUT2D eigenvalue weighted by atomic mass is 10.4. The van der Waals surface area contributed by atoms with E-state index in [9.17, 15) is 0 Å². The highest BCUT2D eigenvalue weighted by Gasteiger charge is 2.27. The van der Waals surface area contributed by atoms with Gasteiger partial charge in [0.05, 0.1) is 7.11 Å². The molecule has 1 rings (SSSR count). The van der Waals surface area contributed by atoms with Crippen molar-refractivity contribution in [1.29, 1.82) is 0 Å². The largest absolute Gasteiger partial charge is 0.482 e. The number of hydrogen-bond acceptors (Lipinski definition) is 4. The zero-order valence-electron chi connectivity index (χ0n) is 6.20. The lowest BCUT2D eigenvalue weighted by molar-refractivity contribution is 0.247. The molecule has 0 bridgehead atoms. The predicted molar refractivity (Wildman–Crippen MR) is 38.9 cm³/mol. The van der Waals surface area contributed by atoms with Gasteiger partial charge in [0.25, 0.3) is 0 Å². The molecule has 2 unspecified atom stereocenters. The van der Waals surface area contributed by atoms with Crippen molar-refractivity contribution in [3.05, 3.63) is 0 Å². The minimum absolute atomic E-state index is 0.0592. The predicted octanol–water partition coefficient (Wildman–Crippen LogP) is 1.32. The van der Waals surface area contributed by atoms with Gasteiger partial charge < -0.3 is 13.8 Å². The van der Waals surface area contributed by atoms with Crippen LogP contribution in [0.4, 0.5) is 0 Å². The zero-order valence-corrected chi connectivity index (χ0v) is 7.09. The Morgan fingerprint density at radius 2 is 2.30 bits per heavy atom. The maximum atomic E-state index is 5.23. The zero-order chi connectivity index (χ0) is 7.56. The second kappa shape index (κ2) is 3.28. The lowest BCUT2D eigenvalue weighted by Gasteiger charge is -2.04. The average Bonchev–Trinajstić information content (AvgIpc) is 2.30. The van der Waals surface area contributed by atoms with E-state index in [1.54, 1.807) is 14.2 Å². The second-order valence-electron chi connectivity index (χ2n) is 1.81. The maximum absolute atomic E-state index is 5.23. The molecule has 0 aromatic carbocycles. The smallest absolute Gasteiger partial charge is 0.313 e. The van der Waals surface area contributed by atoms with Crippen LogP contribution in [0.2, 0.25) is 0 Å². The van der Waals surface area contributed by atoms with Crippen molar-refractivity contribution in [1.82, 2.24) is 0 Å². The second-order valence-corrected chi connectivity index (χ2v) is 3.06. The number of nitrogens with zero attached hydrogens (tertiary/aromatic N) is 1. The topological polar surface area (TPSA) is 40.0 Å². The van der Waals surface area contributed by atoms with E-state index in [-0.39, 0.29) is 6.10 Å². The van der Waals surface area contributed by atoms with Gasteiger partial charge in [0, 0.05) is 7.11 Å². The first kappa shape index (κ1) is 7.92. The minimum Gasteiger partial charge on any atom is -0.482 e. The molecule has 1 heterocycles. The molecule has 2 atom stereocenters. The molecule has 0 aromatic heterocycles. The van der Waals surface area contributed by atoms with E-state index in [1.165, 1.54) is 0 Å². The summed E-state index contributed by atoms with van der Waals surface area (Å²) in [6.45, 7) is 1.88. The summed E-state index contributed by atoms with van der Waals surface area (Å²) < 4.78 is 19.1. The van der Waals surface area contributed by atoms with Crippen LogP contribution in [0.1, 0.15) is 6.92 Å². The number of ether oxygens (including phenoxy) is 1. The summed E-state index contributed by atoms with van der Waals surface area (Å²) in [5.41, 5.74) is 0. The van der Waals surface area contributed by atoms with Crippen molar-refractivity contribution in [2.45, 2.75) is 13.0 Å². The molecular weight excluding hydrogens is 153 g/mol. The van der Waals surface area contributed by atoms with Crippen LogP contribution in [0.5, 0.6) is 0 Å². The summed E-state index contributed by atoms with van der Waals surface area (Å²) >= 11 is 0. The molecule has 0 amide bonds. The Hall–Kier alpha value is -0.180. The Kier molecular flexibility index (Phi) is 2.60. The Morgan fingerprint density at radius 3 is 2.60 bits per heavy atom. The Labute approximate surface area is 61.2 Å². The van der Waals surface area contributed by atoms with E-state index in [4.69, 9.17) is 13.8 Å². The van der Waals surface area contributed by atoms with Crippen LogP contribution in [0.3, 0.4) is 0 Å². The van der Waals surface area contributed by atoms with Crippen LogP contribution in [-0.2, 0) is 13.8 Å². The van der Waals surface area contributed by atoms with Crippen LogP contribution in [0.25, 0.3) is 0 Å². The fourth-order valence-corrected chi connectivity index (χ4v) is 1.64. The van der Waals surface area contributed by atoms with Crippen molar-refractivity contribution in [3.63, 3.8) is 0 Å². The van der Waals surface area contributed by atoms with Crippen molar-refractivity contribution >= 4 is 14.4 Å². The molecule has 1 aliphatic rings. The summed E-state index contributed by atoms with van der Waals surface area (Å²) in [4.78, 5) is 0. The van der Waals surface area contributed by atoms with E-state index in [0.717, 1.165) is 0 Å². The molecule has 58 valence electrons. The molecule has 1 aliphatic heterocycles. The lowest BCUT2D eigenvalue weighted by Crippen LogP contribution is -2.14. The summed E-state index contributed by atoms with van der Waals surface area (Å²) in [5, 5.41) is 0. The van der Waals surface area contributed by atoms with Gasteiger partial charge in [0.1, 0.15) is 6.10 Å². The highest BCUT2D eigenvalue weighted by atomic mass is 31.2. The van der Waals surface area contributed by atoms with Crippen LogP contribution in [-0.4, -0.2) is 26.2 Å². The molecule has 0 saturated heterocycles. The standard InChI is InChI=1S/C5H10NO3P/c1-4-5(7-2)6-10(8-3)9-4/h4H,1-3H3. The summed E-state index contributed by atoms with van der Waals surface area (Å²) in [7, 11) is 2.08. The average molecular weight is 163 g/mol. The van der Waals surface area contributed by atoms with E-state index in [1.807, 2.05) is 6.92 Å². The first-order valence-electron chi connectivity index (χ1n) is 2.91. The maximum Gasteiger partial charge on any atom is 0.313 e. The van der Waals surface area contributed by atoms with Gasteiger partial charge in [-0.2, -0.15) is 4.76 Å². The van der Waals surface area contributed by atoms with E-state index in [0.29, 0.717) is 5.90 Å². The number of rotatable bonds is 1. The Morgan fingerprint density at radius 1 is 1.60 bits per heavy atom. The van der Waals surface area contributed by atoms with Gasteiger partial charge in [-0.05, 0) is 6.92 Å². The summed E-state index contributed by atoms with van der Waals surface area (Å²) in [5.74, 6) is 0.618. The third kappa shape index (κ3) is 1.45. The first-order chi connectivity index (χ1) is 4.77. The summed E-state index contributed by atoms with van der Waals surface area (Å²) in [6.07, 6.45) is -0.0592. The highest BCUT2D eigenvalue weighted by molar-refractivity contribution is 7.46. The van der Waals surface area contributed by atoms with Crippen LogP contribution < -0.4 is 0 Å². The van der Waals surface area contributed by atoms with Crippen molar-refractivity contribution < 1.29 is 13.8 Å². The van der Waals surface area contributed by atoms with Gasteiger partial charge in [0.15, 0.2) is 0 Å². The molecule has 0 fully saturated rings. The van der Waals surface area contributed by atoms with E-state index in [2.05, 4.69) is 4.76 Å². The highest BCUT2D eigenvalue weighted by Crippen LogP contribution is 2.45. The SMILES string of the molecule is COC1=NP(OC)OC1C. The van der Waals surface area contributed by atoms with Crippen molar-refractivity contribution in [2.24, 2.45) is 4.76 Å². The minimum atomic E-state index is -1.06. The number of hydrogen-bond donors (Lipinski definition) is 0. The van der Waals surface area contributed by atoms with Crippen LogP contribution in [0, 0.1) is 0 Å². The Bertz CT molecular complexity index is 150. The van der Waals surface area contributed by atoms with Crippen molar-refractivity contribution in [2.75, 3.05) is 14.2 Å². The fourth-order valence-electron chi connectivity index (χ4n) is 0.656. The van der Waals surface area contributed by atoms with Gasteiger partial charge in [0.2, 0.25) is 5.90 Å². The summed E-state index contributed by atoms with van der Waals surface area (Å²) in [6, 6.07) is 0. The molecule has 10 heavy (non-hydrogen) atoms. The van der Waals surface area contributed by atoms with Gasteiger partial charge in [-0.3, -0.25) is 0 Å². The third-order valence-electron chi connectivity index (χ3n) is 1.14. The van der Waals surface area contributed by atoms with Crippen molar-refractivity contribution in [3.8, 4) is 0 Å². The van der Waals surface area contributed by atoms with Gasteiger partial charge >= 0.3 is 8.53 Å². The first-order valence-corrected chi connectivity index (χ1v) is 4.04. The van der Waals surface area contributed by atoms with Gasteiger partial charge in [-0.25, -0.2) is 0 Å². The molecule has 0 spiro atoms. The van der Waals surface area contributed by atoms with E-state index >= 15 is 0 Å². The third-order valence-corrected chi connectivity index (χ3v) is 2.31. The molecule has 4 nitrogen and oxygen atoms in total. The molecule has 0 aliphatic carbocycles. The van der Waals surface area contributed by atoms with Crippen LogP contribution >= 0.6 is 8.53 Å². The monoisotopic (exact) mass is 163 g/mol. The molecule has 0 N–H and O–H groups in total. The van der Waals surface area contributed by atoms with E-state index < -0.39 is 8.53 Å².